The Balaban J connectivity index is 2.42. The Hall–Kier alpha value is 0.270. The van der Waals surface area contributed by atoms with Gasteiger partial charge in [0.1, 0.15) is 0 Å². The highest BCUT2D eigenvalue weighted by Gasteiger charge is 2.09. The van der Waals surface area contributed by atoms with Crippen LogP contribution in [0.25, 0.3) is 0 Å². The summed E-state index contributed by atoms with van der Waals surface area (Å²) in [5.41, 5.74) is 0. The molecule has 1 nitrogen and oxygen atoms in total. The van der Waals surface area contributed by atoms with Crippen LogP contribution in [0, 0.1) is 0 Å². The Labute approximate surface area is 56.9 Å². The molecular formula is C5H7IO. The van der Waals surface area contributed by atoms with E-state index in [4.69, 9.17) is 4.74 Å². The van der Waals surface area contributed by atoms with E-state index in [1.54, 1.807) is 0 Å². The SMILES string of the molecule is CC1CC(I)=CO1. The minimum absolute atomic E-state index is 0.423. The minimum Gasteiger partial charge on any atom is -0.497 e. The van der Waals surface area contributed by atoms with Crippen LogP contribution >= 0.6 is 22.6 Å². The normalized spacial score (nSPS) is 29.4. The summed E-state index contributed by atoms with van der Waals surface area (Å²) in [6, 6.07) is 0. The molecule has 1 aliphatic heterocycles. The lowest BCUT2D eigenvalue weighted by atomic mass is 10.3. The van der Waals surface area contributed by atoms with Gasteiger partial charge in [-0.05, 0) is 29.5 Å². The summed E-state index contributed by atoms with van der Waals surface area (Å²) >= 11 is 2.28. The molecule has 0 radical (unpaired) electrons. The average molecular weight is 210 g/mol. The molecule has 0 aromatic carbocycles. The summed E-state index contributed by atoms with van der Waals surface area (Å²) in [6.07, 6.45) is 3.35. The molecule has 7 heavy (non-hydrogen) atoms. The summed E-state index contributed by atoms with van der Waals surface area (Å²) in [4.78, 5) is 0. The van der Waals surface area contributed by atoms with Gasteiger partial charge in [-0.15, -0.1) is 0 Å². The van der Waals surface area contributed by atoms with Crippen LogP contribution < -0.4 is 0 Å². The molecule has 1 rings (SSSR count). The lowest BCUT2D eigenvalue weighted by Gasteiger charge is -1.97. The lowest BCUT2D eigenvalue weighted by molar-refractivity contribution is 0.189. The van der Waals surface area contributed by atoms with Gasteiger partial charge in [0.05, 0.1) is 12.4 Å². The van der Waals surface area contributed by atoms with Gasteiger partial charge in [0, 0.05) is 10.0 Å². The number of rotatable bonds is 0. The van der Waals surface area contributed by atoms with Crippen molar-refractivity contribution in [3.8, 4) is 0 Å². The Bertz CT molecular complexity index is 98.3. The molecular weight excluding hydrogens is 203 g/mol. The van der Waals surface area contributed by atoms with Crippen molar-refractivity contribution < 1.29 is 4.74 Å². The van der Waals surface area contributed by atoms with Crippen molar-refractivity contribution in [3.05, 3.63) is 9.84 Å². The third-order valence-electron chi connectivity index (χ3n) is 0.911. The van der Waals surface area contributed by atoms with E-state index < -0.39 is 0 Å². The van der Waals surface area contributed by atoms with E-state index in [0.717, 1.165) is 6.42 Å². The summed E-state index contributed by atoms with van der Waals surface area (Å²) < 4.78 is 6.42. The zero-order chi connectivity index (χ0) is 5.28. The Morgan fingerprint density at radius 2 is 2.71 bits per heavy atom. The highest BCUT2D eigenvalue weighted by atomic mass is 127. The van der Waals surface area contributed by atoms with Crippen LogP contribution in [-0.2, 0) is 4.74 Å². The maximum Gasteiger partial charge on any atom is 0.0996 e. The molecule has 1 atom stereocenters. The third kappa shape index (κ3) is 1.33. The predicted octanol–water partition coefficient (Wildman–Crippen LogP) is 2.07. The number of hydrogen-bond donors (Lipinski definition) is 0. The first-order valence-corrected chi connectivity index (χ1v) is 3.37. The van der Waals surface area contributed by atoms with E-state index in [2.05, 4.69) is 29.5 Å². The molecule has 2 heteroatoms. The highest BCUT2D eigenvalue weighted by Crippen LogP contribution is 2.22. The number of hydrogen-bond acceptors (Lipinski definition) is 1. The molecule has 0 aromatic rings. The van der Waals surface area contributed by atoms with Crippen LogP contribution in [0.3, 0.4) is 0 Å². The number of ether oxygens (including phenoxy) is 1. The molecule has 0 aromatic heterocycles. The molecule has 1 aliphatic rings. The topological polar surface area (TPSA) is 9.23 Å². The fraction of sp³-hybridized carbons (Fsp3) is 0.600. The van der Waals surface area contributed by atoms with Gasteiger partial charge >= 0.3 is 0 Å². The van der Waals surface area contributed by atoms with Gasteiger partial charge in [-0.3, -0.25) is 0 Å². The molecule has 0 amide bonds. The highest BCUT2D eigenvalue weighted by molar-refractivity contribution is 14.1. The van der Waals surface area contributed by atoms with Crippen LogP contribution in [0.1, 0.15) is 13.3 Å². The molecule has 0 saturated heterocycles. The Morgan fingerprint density at radius 3 is 2.86 bits per heavy atom. The van der Waals surface area contributed by atoms with E-state index >= 15 is 0 Å². The summed E-state index contributed by atoms with van der Waals surface area (Å²) in [6.45, 7) is 2.07. The third-order valence-corrected chi connectivity index (χ3v) is 1.61. The second kappa shape index (κ2) is 2.03. The first kappa shape index (κ1) is 5.41. The van der Waals surface area contributed by atoms with Gasteiger partial charge in [-0.2, -0.15) is 0 Å². The standard InChI is InChI=1S/C5H7IO/c1-4-2-5(6)3-7-4/h3-4H,2H2,1H3. The van der Waals surface area contributed by atoms with Crippen molar-refractivity contribution in [2.24, 2.45) is 0 Å². The van der Waals surface area contributed by atoms with E-state index in [9.17, 15) is 0 Å². The quantitative estimate of drug-likeness (QED) is 0.556. The van der Waals surface area contributed by atoms with E-state index in [-0.39, 0.29) is 0 Å². The second-order valence-corrected chi connectivity index (χ2v) is 3.10. The lowest BCUT2D eigenvalue weighted by Crippen LogP contribution is -1.94. The van der Waals surface area contributed by atoms with Crippen molar-refractivity contribution in [2.75, 3.05) is 0 Å². The van der Waals surface area contributed by atoms with Gasteiger partial charge < -0.3 is 4.74 Å². The molecule has 0 aliphatic carbocycles. The van der Waals surface area contributed by atoms with Crippen LogP contribution in [0.15, 0.2) is 9.84 Å². The maximum atomic E-state index is 5.10. The van der Waals surface area contributed by atoms with E-state index in [1.165, 1.54) is 3.58 Å². The molecule has 0 bridgehead atoms. The molecule has 0 saturated carbocycles. The molecule has 0 N–H and O–H groups in total. The zero-order valence-corrected chi connectivity index (χ0v) is 6.31. The molecule has 0 fully saturated rings. The van der Waals surface area contributed by atoms with Crippen molar-refractivity contribution in [3.63, 3.8) is 0 Å². The zero-order valence-electron chi connectivity index (χ0n) is 4.15. The maximum absolute atomic E-state index is 5.10. The van der Waals surface area contributed by atoms with Crippen molar-refractivity contribution in [2.45, 2.75) is 19.4 Å². The molecule has 0 spiro atoms. The van der Waals surface area contributed by atoms with Crippen LogP contribution in [0.2, 0.25) is 0 Å². The van der Waals surface area contributed by atoms with E-state index in [1.807, 2.05) is 6.26 Å². The minimum atomic E-state index is 0.423. The van der Waals surface area contributed by atoms with Crippen LogP contribution in [0.5, 0.6) is 0 Å². The predicted molar refractivity (Wildman–Crippen MR) is 37.3 cm³/mol. The second-order valence-electron chi connectivity index (χ2n) is 1.72. The molecule has 40 valence electrons. The van der Waals surface area contributed by atoms with Gasteiger partial charge in [0.25, 0.3) is 0 Å². The fourth-order valence-corrected chi connectivity index (χ4v) is 1.33. The fourth-order valence-electron chi connectivity index (χ4n) is 0.561. The smallest absolute Gasteiger partial charge is 0.0996 e. The monoisotopic (exact) mass is 210 g/mol. The Kier molecular flexibility index (Phi) is 1.57. The first-order chi connectivity index (χ1) is 3.29. The van der Waals surface area contributed by atoms with Crippen LogP contribution in [-0.4, -0.2) is 6.10 Å². The van der Waals surface area contributed by atoms with Crippen LogP contribution in [0.4, 0.5) is 0 Å². The van der Waals surface area contributed by atoms with Gasteiger partial charge in [-0.1, -0.05) is 0 Å². The summed E-state index contributed by atoms with van der Waals surface area (Å²) in [7, 11) is 0. The number of halogens is 1. The van der Waals surface area contributed by atoms with Gasteiger partial charge in [0.15, 0.2) is 0 Å². The van der Waals surface area contributed by atoms with Gasteiger partial charge in [-0.25, -0.2) is 0 Å². The largest absolute Gasteiger partial charge is 0.497 e. The van der Waals surface area contributed by atoms with Crippen molar-refractivity contribution in [1.82, 2.24) is 0 Å². The van der Waals surface area contributed by atoms with Gasteiger partial charge in [0.2, 0.25) is 0 Å². The molecule has 1 heterocycles. The summed E-state index contributed by atoms with van der Waals surface area (Å²) in [5, 5.41) is 0. The summed E-state index contributed by atoms with van der Waals surface area (Å²) in [5.74, 6) is 0. The first-order valence-electron chi connectivity index (χ1n) is 2.29. The molecule has 1 unspecified atom stereocenters. The van der Waals surface area contributed by atoms with Crippen molar-refractivity contribution in [1.29, 1.82) is 0 Å². The average Bonchev–Trinajstić information content (AvgIpc) is 1.87. The Morgan fingerprint density at radius 1 is 2.00 bits per heavy atom. The van der Waals surface area contributed by atoms with Crippen molar-refractivity contribution >= 4 is 22.6 Å². The van der Waals surface area contributed by atoms with E-state index in [0.29, 0.717) is 6.10 Å².